The second-order valence-corrected chi connectivity index (χ2v) is 7.64. The quantitative estimate of drug-likeness (QED) is 0.840. The van der Waals surface area contributed by atoms with E-state index < -0.39 is 5.97 Å². The van der Waals surface area contributed by atoms with Gasteiger partial charge >= 0.3 is 5.97 Å². The molecule has 1 aliphatic carbocycles. The van der Waals surface area contributed by atoms with Crippen molar-refractivity contribution in [1.82, 2.24) is 0 Å². The molecule has 0 spiro atoms. The molecule has 2 aliphatic rings. The Morgan fingerprint density at radius 3 is 2.63 bits per heavy atom. The molecule has 2 aromatic rings. The maximum atomic E-state index is 12.0. The summed E-state index contributed by atoms with van der Waals surface area (Å²) < 4.78 is 0. The zero-order valence-corrected chi connectivity index (χ0v) is 15.4. The lowest BCUT2D eigenvalue weighted by molar-refractivity contribution is -0.117. The highest BCUT2D eigenvalue weighted by Crippen LogP contribution is 2.34. The van der Waals surface area contributed by atoms with Gasteiger partial charge in [-0.1, -0.05) is 29.8 Å². The van der Waals surface area contributed by atoms with Crippen molar-refractivity contribution in [2.45, 2.75) is 32.1 Å². The largest absolute Gasteiger partial charge is 0.478 e. The lowest BCUT2D eigenvalue weighted by Gasteiger charge is -2.20. The number of carbonyl (C=O) groups is 2. The van der Waals surface area contributed by atoms with Crippen molar-refractivity contribution in [2.24, 2.45) is 5.92 Å². The molecule has 1 saturated heterocycles. The molecule has 5 heteroatoms. The number of nitrogens with zero attached hydrogens (tertiary/aromatic N) is 1. The van der Waals surface area contributed by atoms with Crippen LogP contribution in [0.4, 0.5) is 11.4 Å². The number of amides is 1. The lowest BCUT2D eigenvalue weighted by atomic mass is 9.97. The molecule has 1 amide bonds. The summed E-state index contributed by atoms with van der Waals surface area (Å²) in [7, 11) is 0. The average Bonchev–Trinajstić information content (AvgIpc) is 3.39. The van der Waals surface area contributed by atoms with Crippen LogP contribution in [0.25, 0.3) is 0 Å². The molecule has 27 heavy (non-hydrogen) atoms. The van der Waals surface area contributed by atoms with Crippen molar-refractivity contribution in [3.8, 4) is 0 Å². The Hall–Kier alpha value is -2.82. The third-order valence-electron chi connectivity index (χ3n) is 5.51. The van der Waals surface area contributed by atoms with Crippen LogP contribution < -0.4 is 10.2 Å². The summed E-state index contributed by atoms with van der Waals surface area (Å²) in [5.74, 6) is -0.601. The molecule has 2 fully saturated rings. The molecule has 0 unspecified atom stereocenters. The van der Waals surface area contributed by atoms with Crippen LogP contribution in [-0.2, 0) is 4.79 Å². The van der Waals surface area contributed by atoms with Gasteiger partial charge in [-0.05, 0) is 49.9 Å². The van der Waals surface area contributed by atoms with E-state index in [1.54, 1.807) is 12.1 Å². The van der Waals surface area contributed by atoms with Gasteiger partial charge in [0, 0.05) is 30.6 Å². The summed E-state index contributed by atoms with van der Waals surface area (Å²) in [5, 5.41) is 12.4. The molecule has 1 heterocycles. The van der Waals surface area contributed by atoms with Crippen LogP contribution in [0.15, 0.2) is 42.5 Å². The molecule has 0 radical (unpaired) electrons. The predicted octanol–water partition coefficient (Wildman–Crippen LogP) is 4.04. The molecule has 0 bridgehead atoms. The van der Waals surface area contributed by atoms with Gasteiger partial charge in [-0.3, -0.25) is 4.79 Å². The molecule has 2 aromatic carbocycles. The maximum absolute atomic E-state index is 12.0. The van der Waals surface area contributed by atoms with Gasteiger partial charge < -0.3 is 15.3 Å². The summed E-state index contributed by atoms with van der Waals surface area (Å²) >= 11 is 0. The fraction of sp³-hybridized carbons (Fsp3) is 0.364. The minimum Gasteiger partial charge on any atom is -0.478 e. The Morgan fingerprint density at radius 2 is 1.93 bits per heavy atom. The molecular formula is C22H24N2O3. The molecule has 4 rings (SSSR count). The number of hydrogen-bond acceptors (Lipinski definition) is 3. The van der Waals surface area contributed by atoms with Crippen molar-refractivity contribution >= 4 is 23.3 Å². The first-order valence-corrected chi connectivity index (χ1v) is 9.51. The second kappa shape index (κ2) is 7.06. The number of rotatable bonds is 5. The molecule has 5 nitrogen and oxygen atoms in total. The first-order chi connectivity index (χ1) is 13.0. The van der Waals surface area contributed by atoms with E-state index in [0.29, 0.717) is 11.6 Å². The number of aromatic carboxylic acids is 1. The van der Waals surface area contributed by atoms with E-state index in [1.807, 2.05) is 6.07 Å². The molecule has 1 atom stereocenters. The zero-order chi connectivity index (χ0) is 19.0. The standard InChI is InChI=1S/C22H24N2O3/c1-14-3-2-4-16(11-14)17-9-10-24(13-17)18-7-8-20(19(12-18)22(26)27)23-21(25)15-5-6-15/h2-4,7-8,11-12,15,17H,5-6,9-10,13H2,1H3,(H,23,25)(H,26,27)/t17-/m1/s1. The Labute approximate surface area is 159 Å². The summed E-state index contributed by atoms with van der Waals surface area (Å²) in [6, 6.07) is 13.9. The monoisotopic (exact) mass is 364 g/mol. The third kappa shape index (κ3) is 3.82. The van der Waals surface area contributed by atoms with Crippen LogP contribution in [0.5, 0.6) is 0 Å². The van der Waals surface area contributed by atoms with E-state index in [9.17, 15) is 14.7 Å². The second-order valence-electron chi connectivity index (χ2n) is 7.64. The van der Waals surface area contributed by atoms with Crippen LogP contribution in [-0.4, -0.2) is 30.1 Å². The molecule has 1 aliphatic heterocycles. The van der Waals surface area contributed by atoms with E-state index in [4.69, 9.17) is 0 Å². The normalized spacial score (nSPS) is 19.1. The van der Waals surface area contributed by atoms with Crippen molar-refractivity contribution in [3.05, 3.63) is 59.2 Å². The van der Waals surface area contributed by atoms with Gasteiger partial charge in [0.05, 0.1) is 11.3 Å². The zero-order valence-electron chi connectivity index (χ0n) is 15.4. The van der Waals surface area contributed by atoms with Gasteiger partial charge in [-0.25, -0.2) is 4.79 Å². The van der Waals surface area contributed by atoms with E-state index in [1.165, 1.54) is 11.1 Å². The Balaban J connectivity index is 1.52. The Bertz CT molecular complexity index is 889. The summed E-state index contributed by atoms with van der Waals surface area (Å²) in [5.41, 5.74) is 4.03. The molecule has 140 valence electrons. The first kappa shape index (κ1) is 17.6. The Kier molecular flexibility index (Phi) is 4.60. The van der Waals surface area contributed by atoms with E-state index in [0.717, 1.165) is 38.0 Å². The van der Waals surface area contributed by atoms with Crippen LogP contribution >= 0.6 is 0 Å². The third-order valence-corrected chi connectivity index (χ3v) is 5.51. The molecule has 0 aromatic heterocycles. The first-order valence-electron chi connectivity index (χ1n) is 9.51. The Morgan fingerprint density at radius 1 is 1.11 bits per heavy atom. The van der Waals surface area contributed by atoms with Gasteiger partial charge in [-0.15, -0.1) is 0 Å². The van der Waals surface area contributed by atoms with Crippen LogP contribution in [0.1, 0.15) is 46.7 Å². The summed E-state index contributed by atoms with van der Waals surface area (Å²) in [4.78, 5) is 25.9. The number of nitrogens with one attached hydrogen (secondary N) is 1. The van der Waals surface area contributed by atoms with Crippen LogP contribution in [0.3, 0.4) is 0 Å². The van der Waals surface area contributed by atoms with Crippen molar-refractivity contribution in [1.29, 1.82) is 0 Å². The highest BCUT2D eigenvalue weighted by atomic mass is 16.4. The highest BCUT2D eigenvalue weighted by molar-refractivity contribution is 6.02. The molecule has 2 N–H and O–H groups in total. The minimum atomic E-state index is -1.02. The molecule has 1 saturated carbocycles. The number of carboxylic acid groups (broad SMARTS) is 1. The van der Waals surface area contributed by atoms with Crippen molar-refractivity contribution in [2.75, 3.05) is 23.3 Å². The van der Waals surface area contributed by atoms with Gasteiger partial charge in [-0.2, -0.15) is 0 Å². The smallest absolute Gasteiger partial charge is 0.337 e. The highest BCUT2D eigenvalue weighted by Gasteiger charge is 2.31. The summed E-state index contributed by atoms with van der Waals surface area (Å²) in [6.45, 7) is 3.87. The minimum absolute atomic E-state index is 0.0417. The van der Waals surface area contributed by atoms with E-state index >= 15 is 0 Å². The van der Waals surface area contributed by atoms with Crippen LogP contribution in [0, 0.1) is 12.8 Å². The average molecular weight is 364 g/mol. The van der Waals surface area contributed by atoms with E-state index in [-0.39, 0.29) is 17.4 Å². The number of hydrogen-bond donors (Lipinski definition) is 2. The number of benzene rings is 2. The lowest BCUT2D eigenvalue weighted by Crippen LogP contribution is -2.21. The fourth-order valence-corrected chi connectivity index (χ4v) is 3.79. The van der Waals surface area contributed by atoms with Crippen molar-refractivity contribution < 1.29 is 14.7 Å². The van der Waals surface area contributed by atoms with E-state index in [2.05, 4.69) is 41.4 Å². The number of carboxylic acids is 1. The van der Waals surface area contributed by atoms with Gasteiger partial charge in [0.2, 0.25) is 5.91 Å². The summed E-state index contributed by atoms with van der Waals surface area (Å²) in [6.07, 6.45) is 2.83. The number of anilines is 2. The predicted molar refractivity (Wildman–Crippen MR) is 106 cm³/mol. The maximum Gasteiger partial charge on any atom is 0.337 e. The van der Waals surface area contributed by atoms with Crippen LogP contribution in [0.2, 0.25) is 0 Å². The number of aryl methyl sites for hydroxylation is 1. The SMILES string of the molecule is Cc1cccc([C@@H]2CCN(c3ccc(NC(=O)C4CC4)c(C(=O)O)c3)C2)c1. The topological polar surface area (TPSA) is 69.6 Å². The fourth-order valence-electron chi connectivity index (χ4n) is 3.79. The molecular weight excluding hydrogens is 340 g/mol. The van der Waals surface area contributed by atoms with Gasteiger partial charge in [0.25, 0.3) is 0 Å². The van der Waals surface area contributed by atoms with Gasteiger partial charge in [0.15, 0.2) is 0 Å². The number of carbonyl (C=O) groups excluding carboxylic acids is 1. The van der Waals surface area contributed by atoms with Crippen molar-refractivity contribution in [3.63, 3.8) is 0 Å². The van der Waals surface area contributed by atoms with Gasteiger partial charge in [0.1, 0.15) is 0 Å².